The zero-order valence-electron chi connectivity index (χ0n) is 14.5. The molecule has 0 aliphatic carbocycles. The average Bonchev–Trinajstić information content (AvgIpc) is 2.63. The summed E-state index contributed by atoms with van der Waals surface area (Å²) < 4.78 is 32.3. The van der Waals surface area contributed by atoms with Crippen molar-refractivity contribution in [3.63, 3.8) is 0 Å². The van der Waals surface area contributed by atoms with Crippen LogP contribution in [-0.2, 0) is 11.3 Å². The van der Waals surface area contributed by atoms with Crippen LogP contribution in [0.25, 0.3) is 0 Å². The molecule has 1 unspecified atom stereocenters. The summed E-state index contributed by atoms with van der Waals surface area (Å²) in [5.41, 5.74) is 0.619. The van der Waals surface area contributed by atoms with Crippen LogP contribution >= 0.6 is 0 Å². The molecule has 1 aliphatic rings. The van der Waals surface area contributed by atoms with Gasteiger partial charge in [0.1, 0.15) is 5.82 Å². The van der Waals surface area contributed by atoms with Gasteiger partial charge in [-0.25, -0.2) is 13.8 Å². The number of ether oxygens (including phenoxy) is 1. The number of likely N-dealkylation sites (tertiary alicyclic amines) is 1. The van der Waals surface area contributed by atoms with Crippen LogP contribution in [-0.4, -0.2) is 35.9 Å². The van der Waals surface area contributed by atoms with Crippen LogP contribution in [0.3, 0.4) is 0 Å². The number of halogens is 2. The molecule has 2 aromatic rings. The highest BCUT2D eigenvalue weighted by molar-refractivity contribution is 5.79. The minimum absolute atomic E-state index is 0.0145. The minimum atomic E-state index is -0.809. The zero-order chi connectivity index (χ0) is 18.5. The van der Waals surface area contributed by atoms with Crippen LogP contribution < -0.4 is 10.1 Å². The predicted molar refractivity (Wildman–Crippen MR) is 92.7 cm³/mol. The van der Waals surface area contributed by atoms with E-state index in [-0.39, 0.29) is 30.0 Å². The Hall–Kier alpha value is -2.54. The number of pyridine rings is 1. The highest BCUT2D eigenvalue weighted by Crippen LogP contribution is 2.26. The molecular weight excluding hydrogens is 340 g/mol. The van der Waals surface area contributed by atoms with Crippen LogP contribution in [0.15, 0.2) is 36.5 Å². The van der Waals surface area contributed by atoms with Gasteiger partial charge in [0, 0.05) is 30.9 Å². The van der Waals surface area contributed by atoms with Crippen molar-refractivity contribution in [1.82, 2.24) is 15.2 Å². The topological polar surface area (TPSA) is 54.5 Å². The fraction of sp³-hybridized carbons (Fsp3) is 0.368. The number of hydrogen-bond acceptors (Lipinski definition) is 4. The van der Waals surface area contributed by atoms with Gasteiger partial charge >= 0.3 is 0 Å². The van der Waals surface area contributed by atoms with Gasteiger partial charge in [0.15, 0.2) is 11.6 Å². The van der Waals surface area contributed by atoms with Gasteiger partial charge in [-0.05, 0) is 44.6 Å². The lowest BCUT2D eigenvalue weighted by atomic mass is 9.97. The molecule has 1 aromatic carbocycles. The van der Waals surface area contributed by atoms with Gasteiger partial charge in [-0.3, -0.25) is 4.79 Å². The first-order valence-corrected chi connectivity index (χ1v) is 8.56. The van der Waals surface area contributed by atoms with E-state index in [0.29, 0.717) is 5.56 Å². The number of carbonyl (C=O) groups is 1. The van der Waals surface area contributed by atoms with E-state index in [4.69, 9.17) is 4.74 Å². The molecule has 0 bridgehead atoms. The van der Waals surface area contributed by atoms with E-state index in [1.165, 1.54) is 12.3 Å². The van der Waals surface area contributed by atoms with Crippen molar-refractivity contribution in [3.8, 4) is 11.6 Å². The van der Waals surface area contributed by atoms with E-state index in [1.54, 1.807) is 12.1 Å². The molecule has 2 heterocycles. The lowest BCUT2D eigenvalue weighted by molar-refractivity contribution is -0.126. The highest BCUT2D eigenvalue weighted by Gasteiger charge is 2.24. The second-order valence-corrected chi connectivity index (χ2v) is 6.46. The highest BCUT2D eigenvalue weighted by atomic mass is 19.1. The number of carbonyl (C=O) groups excluding carboxylic acids is 1. The maximum Gasteiger partial charge on any atom is 0.224 e. The number of nitrogens with zero attached hydrogens (tertiary/aromatic N) is 2. The molecule has 1 aromatic heterocycles. The number of amides is 1. The molecule has 26 heavy (non-hydrogen) atoms. The lowest BCUT2D eigenvalue weighted by Crippen LogP contribution is -2.41. The molecule has 5 nitrogen and oxygen atoms in total. The van der Waals surface area contributed by atoms with Gasteiger partial charge in [0.05, 0.1) is 5.92 Å². The van der Waals surface area contributed by atoms with Crippen molar-refractivity contribution < 1.29 is 18.3 Å². The molecule has 0 radical (unpaired) electrons. The van der Waals surface area contributed by atoms with Crippen LogP contribution in [0.5, 0.6) is 11.6 Å². The molecule has 1 aliphatic heterocycles. The molecule has 7 heteroatoms. The molecular formula is C19H21F2N3O2. The van der Waals surface area contributed by atoms with Crippen molar-refractivity contribution in [2.24, 2.45) is 5.92 Å². The molecule has 1 saturated heterocycles. The zero-order valence-corrected chi connectivity index (χ0v) is 14.5. The van der Waals surface area contributed by atoms with Crippen LogP contribution in [0.4, 0.5) is 8.78 Å². The number of rotatable bonds is 5. The van der Waals surface area contributed by atoms with Crippen LogP contribution in [0, 0.1) is 17.6 Å². The summed E-state index contributed by atoms with van der Waals surface area (Å²) >= 11 is 0. The standard InChI is InChI=1S/C19H21F2N3O2/c1-24-9-3-5-14(12-24)18(25)23-11-13-4-2-8-22-19(13)26-17-7-6-15(20)10-16(17)21/h2,4,6-8,10,14H,3,5,9,11-12H2,1H3,(H,23,25). The minimum Gasteiger partial charge on any atom is -0.436 e. The molecule has 0 saturated carbocycles. The number of piperidine rings is 1. The maximum absolute atomic E-state index is 13.8. The van der Waals surface area contributed by atoms with E-state index < -0.39 is 11.6 Å². The van der Waals surface area contributed by atoms with Gasteiger partial charge in [0.25, 0.3) is 0 Å². The van der Waals surface area contributed by atoms with Crippen molar-refractivity contribution in [3.05, 3.63) is 53.7 Å². The number of hydrogen-bond donors (Lipinski definition) is 1. The Kier molecular flexibility index (Phi) is 5.78. The molecule has 3 rings (SSSR count). The number of nitrogens with one attached hydrogen (secondary N) is 1. The Bertz CT molecular complexity index is 785. The Labute approximate surface area is 151 Å². The maximum atomic E-state index is 13.8. The second kappa shape index (κ2) is 8.23. The smallest absolute Gasteiger partial charge is 0.224 e. The normalized spacial score (nSPS) is 17.7. The van der Waals surface area contributed by atoms with Crippen molar-refractivity contribution in [2.45, 2.75) is 19.4 Å². The predicted octanol–water partition coefficient (Wildman–Crippen LogP) is 3.11. The number of benzene rings is 1. The fourth-order valence-electron chi connectivity index (χ4n) is 3.02. The monoisotopic (exact) mass is 361 g/mol. The van der Waals surface area contributed by atoms with Crippen molar-refractivity contribution >= 4 is 5.91 Å². The van der Waals surface area contributed by atoms with Crippen molar-refractivity contribution in [2.75, 3.05) is 20.1 Å². The summed E-state index contributed by atoms with van der Waals surface area (Å²) in [5.74, 6) is -1.48. The Morgan fingerprint density at radius 1 is 1.38 bits per heavy atom. The van der Waals surface area contributed by atoms with Crippen LogP contribution in [0.2, 0.25) is 0 Å². The largest absolute Gasteiger partial charge is 0.436 e. The van der Waals surface area contributed by atoms with Gasteiger partial charge in [-0.1, -0.05) is 6.07 Å². The van der Waals surface area contributed by atoms with E-state index in [2.05, 4.69) is 15.2 Å². The summed E-state index contributed by atoms with van der Waals surface area (Å²) in [5, 5.41) is 2.90. The molecule has 1 atom stereocenters. The van der Waals surface area contributed by atoms with Gasteiger partial charge in [0.2, 0.25) is 11.8 Å². The summed E-state index contributed by atoms with van der Waals surface area (Å²) in [6.07, 6.45) is 3.38. The summed E-state index contributed by atoms with van der Waals surface area (Å²) in [6, 6.07) is 6.53. The van der Waals surface area contributed by atoms with E-state index in [0.717, 1.165) is 38.1 Å². The summed E-state index contributed by atoms with van der Waals surface area (Å²) in [7, 11) is 2.00. The third-order valence-electron chi connectivity index (χ3n) is 4.40. The molecule has 1 N–H and O–H groups in total. The first kappa shape index (κ1) is 18.3. The molecule has 1 fully saturated rings. The Morgan fingerprint density at radius 3 is 3.00 bits per heavy atom. The average molecular weight is 361 g/mol. The first-order valence-electron chi connectivity index (χ1n) is 8.56. The lowest BCUT2D eigenvalue weighted by Gasteiger charge is -2.28. The number of aromatic nitrogens is 1. The quantitative estimate of drug-likeness (QED) is 0.889. The SMILES string of the molecule is CN1CCCC(C(=O)NCc2cccnc2Oc2ccc(F)cc2F)C1. The summed E-state index contributed by atoms with van der Waals surface area (Å²) in [4.78, 5) is 18.6. The summed E-state index contributed by atoms with van der Waals surface area (Å²) in [6.45, 7) is 1.97. The van der Waals surface area contributed by atoms with Gasteiger partial charge in [-0.2, -0.15) is 0 Å². The molecule has 1 amide bonds. The van der Waals surface area contributed by atoms with Crippen molar-refractivity contribution in [1.29, 1.82) is 0 Å². The first-order chi connectivity index (χ1) is 12.5. The fourth-order valence-corrected chi connectivity index (χ4v) is 3.02. The Morgan fingerprint density at radius 2 is 2.23 bits per heavy atom. The van der Waals surface area contributed by atoms with Gasteiger partial charge < -0.3 is 15.0 Å². The Balaban J connectivity index is 1.66. The van der Waals surface area contributed by atoms with E-state index in [1.807, 2.05) is 7.05 Å². The third kappa shape index (κ3) is 4.54. The van der Waals surface area contributed by atoms with Gasteiger partial charge in [-0.15, -0.1) is 0 Å². The second-order valence-electron chi connectivity index (χ2n) is 6.46. The third-order valence-corrected chi connectivity index (χ3v) is 4.40. The molecule has 138 valence electrons. The van der Waals surface area contributed by atoms with E-state index >= 15 is 0 Å². The molecule has 0 spiro atoms. The van der Waals surface area contributed by atoms with E-state index in [9.17, 15) is 13.6 Å². The van der Waals surface area contributed by atoms with Crippen LogP contribution in [0.1, 0.15) is 18.4 Å².